The fourth-order valence-corrected chi connectivity index (χ4v) is 5.28. The zero-order valence-corrected chi connectivity index (χ0v) is 15.3. The molecule has 28 heavy (non-hydrogen) atoms. The summed E-state index contributed by atoms with van der Waals surface area (Å²) in [5.41, 5.74) is 2.85. The monoisotopic (exact) mass is 374 g/mol. The Kier molecular flexibility index (Phi) is 2.90. The maximum atomic E-state index is 9.19. The molecule has 0 unspecified atom stereocenters. The number of furan rings is 1. The Morgan fingerprint density at radius 2 is 1.21 bits per heavy atom. The molecule has 6 aromatic rings. The summed E-state index contributed by atoms with van der Waals surface area (Å²) >= 11 is 1.71. The van der Waals surface area contributed by atoms with Crippen LogP contribution in [0.2, 0.25) is 0 Å². The molecule has 4 heteroatoms. The number of fused-ring (bicyclic) bond motifs is 9. The number of nitrogens with zero attached hydrogens (tertiary/aromatic N) is 2. The highest BCUT2D eigenvalue weighted by molar-refractivity contribution is 7.26. The number of rotatable bonds is 0. The van der Waals surface area contributed by atoms with E-state index in [1.54, 1.807) is 17.4 Å². The smallest absolute Gasteiger partial charge is 0.143 e. The number of thiophene rings is 1. The van der Waals surface area contributed by atoms with Crippen molar-refractivity contribution in [1.29, 1.82) is 10.5 Å². The average molecular weight is 374 g/mol. The van der Waals surface area contributed by atoms with Gasteiger partial charge >= 0.3 is 0 Å². The van der Waals surface area contributed by atoms with Crippen molar-refractivity contribution >= 4 is 64.2 Å². The first-order valence-electron chi connectivity index (χ1n) is 8.81. The lowest BCUT2D eigenvalue weighted by molar-refractivity contribution is 0.672. The Bertz CT molecular complexity index is 1560. The third-order valence-corrected chi connectivity index (χ3v) is 6.53. The van der Waals surface area contributed by atoms with Crippen molar-refractivity contribution in [1.82, 2.24) is 0 Å². The van der Waals surface area contributed by atoms with Crippen LogP contribution in [0.25, 0.3) is 52.9 Å². The molecule has 6 rings (SSSR count). The molecule has 2 heterocycles. The summed E-state index contributed by atoms with van der Waals surface area (Å²) in [6, 6.07) is 24.3. The molecule has 4 aromatic carbocycles. The van der Waals surface area contributed by atoms with Crippen LogP contribution in [-0.2, 0) is 0 Å². The molecule has 0 bridgehead atoms. The van der Waals surface area contributed by atoms with Gasteiger partial charge in [-0.05, 0) is 42.5 Å². The average Bonchev–Trinajstić information content (AvgIpc) is 3.30. The fraction of sp³-hybridized carbons (Fsp3) is 0. The predicted octanol–water partition coefficient (Wildman–Crippen LogP) is 6.85. The number of hydrogen-bond donors (Lipinski definition) is 0. The first kappa shape index (κ1) is 15.2. The first-order chi connectivity index (χ1) is 13.8. The maximum Gasteiger partial charge on any atom is 0.143 e. The van der Waals surface area contributed by atoms with Gasteiger partial charge in [0.05, 0.1) is 23.3 Å². The molecule has 0 saturated carbocycles. The van der Waals surface area contributed by atoms with Crippen LogP contribution in [0.3, 0.4) is 0 Å². The second-order valence-corrected chi connectivity index (χ2v) is 7.88. The van der Waals surface area contributed by atoms with Gasteiger partial charge in [0.15, 0.2) is 0 Å². The van der Waals surface area contributed by atoms with E-state index in [0.717, 1.165) is 37.4 Å². The molecule has 0 spiro atoms. The molecule has 0 aliphatic rings. The SMILES string of the molecule is N#Cc1ccc2c(c1)oc1c2ccc2c1ccc1c3ccc(C#N)cc3sc12. The molecule has 0 amide bonds. The van der Waals surface area contributed by atoms with Gasteiger partial charge in [0.1, 0.15) is 11.2 Å². The summed E-state index contributed by atoms with van der Waals surface area (Å²) in [7, 11) is 0. The molecule has 0 aliphatic carbocycles. The van der Waals surface area contributed by atoms with Crippen molar-refractivity contribution in [2.45, 2.75) is 0 Å². The summed E-state index contributed by atoms with van der Waals surface area (Å²) < 4.78 is 8.49. The van der Waals surface area contributed by atoms with E-state index in [-0.39, 0.29) is 0 Å². The van der Waals surface area contributed by atoms with E-state index in [4.69, 9.17) is 9.68 Å². The molecule has 0 N–H and O–H groups in total. The van der Waals surface area contributed by atoms with Gasteiger partial charge in [-0.25, -0.2) is 0 Å². The van der Waals surface area contributed by atoms with Crippen LogP contribution >= 0.6 is 11.3 Å². The summed E-state index contributed by atoms with van der Waals surface area (Å²) in [6.07, 6.45) is 0. The van der Waals surface area contributed by atoms with Gasteiger partial charge in [0.2, 0.25) is 0 Å². The minimum Gasteiger partial charge on any atom is -0.455 e. The Balaban J connectivity index is 1.76. The molecule has 128 valence electrons. The van der Waals surface area contributed by atoms with Crippen molar-refractivity contribution in [2.24, 2.45) is 0 Å². The van der Waals surface area contributed by atoms with E-state index in [0.29, 0.717) is 11.1 Å². The molecule has 0 saturated heterocycles. The van der Waals surface area contributed by atoms with Crippen LogP contribution in [0.5, 0.6) is 0 Å². The second kappa shape index (κ2) is 5.33. The zero-order chi connectivity index (χ0) is 18.8. The normalized spacial score (nSPS) is 11.5. The molecule has 2 aromatic heterocycles. The predicted molar refractivity (Wildman–Crippen MR) is 114 cm³/mol. The highest BCUT2D eigenvalue weighted by Crippen LogP contribution is 2.42. The third-order valence-electron chi connectivity index (χ3n) is 5.33. The molecule has 0 atom stereocenters. The lowest BCUT2D eigenvalue weighted by Crippen LogP contribution is -1.75. The van der Waals surface area contributed by atoms with Gasteiger partial charge in [-0.3, -0.25) is 0 Å². The minimum absolute atomic E-state index is 0.594. The zero-order valence-electron chi connectivity index (χ0n) is 14.5. The molecule has 0 radical (unpaired) electrons. The van der Waals surface area contributed by atoms with E-state index in [9.17, 15) is 5.26 Å². The van der Waals surface area contributed by atoms with E-state index in [1.807, 2.05) is 30.3 Å². The topological polar surface area (TPSA) is 60.7 Å². The van der Waals surface area contributed by atoms with E-state index < -0.39 is 0 Å². The number of nitriles is 2. The Labute approximate surface area is 163 Å². The van der Waals surface area contributed by atoms with E-state index in [2.05, 4.69) is 36.4 Å². The van der Waals surface area contributed by atoms with Crippen LogP contribution in [0.1, 0.15) is 11.1 Å². The van der Waals surface area contributed by atoms with Crippen molar-refractivity contribution in [3.8, 4) is 12.1 Å². The van der Waals surface area contributed by atoms with Crippen LogP contribution in [0, 0.1) is 22.7 Å². The van der Waals surface area contributed by atoms with Gasteiger partial charge in [-0.1, -0.05) is 18.2 Å². The standard InChI is InChI=1S/C24H10N2OS/c25-11-13-1-3-15-17-5-8-20-18(23(17)27-21(15)9-13)6-7-19-16-4-2-14(12-26)10-22(16)28-24(19)20/h1-10H. The quantitative estimate of drug-likeness (QED) is 0.292. The number of hydrogen-bond acceptors (Lipinski definition) is 4. The van der Waals surface area contributed by atoms with Gasteiger partial charge in [0, 0.05) is 41.7 Å². The third kappa shape index (κ3) is 1.90. The largest absolute Gasteiger partial charge is 0.455 e. The van der Waals surface area contributed by atoms with Gasteiger partial charge in [0.25, 0.3) is 0 Å². The van der Waals surface area contributed by atoms with Crippen LogP contribution in [0.15, 0.2) is 65.1 Å². The molecule has 0 aliphatic heterocycles. The molecular formula is C24H10N2OS. The minimum atomic E-state index is 0.594. The number of benzene rings is 4. The summed E-state index contributed by atoms with van der Waals surface area (Å²) in [5.74, 6) is 0. The Morgan fingerprint density at radius 3 is 1.96 bits per heavy atom. The summed E-state index contributed by atoms with van der Waals surface area (Å²) in [6.45, 7) is 0. The second-order valence-electron chi connectivity index (χ2n) is 6.83. The molecular weight excluding hydrogens is 364 g/mol. The van der Waals surface area contributed by atoms with Crippen molar-refractivity contribution < 1.29 is 4.42 Å². The van der Waals surface area contributed by atoms with E-state index >= 15 is 0 Å². The van der Waals surface area contributed by atoms with Gasteiger partial charge in [-0.15, -0.1) is 11.3 Å². The summed E-state index contributed by atoms with van der Waals surface area (Å²) in [5, 5.41) is 25.0. The van der Waals surface area contributed by atoms with Crippen molar-refractivity contribution in [2.75, 3.05) is 0 Å². The van der Waals surface area contributed by atoms with Crippen molar-refractivity contribution in [3.63, 3.8) is 0 Å². The highest BCUT2D eigenvalue weighted by Gasteiger charge is 2.14. The molecule has 0 fully saturated rings. The lowest BCUT2D eigenvalue weighted by Gasteiger charge is -2.01. The lowest BCUT2D eigenvalue weighted by atomic mass is 10.0. The fourth-order valence-electron chi connectivity index (χ4n) is 4.01. The maximum absolute atomic E-state index is 9.19. The van der Waals surface area contributed by atoms with Crippen LogP contribution in [0.4, 0.5) is 0 Å². The summed E-state index contributed by atoms with van der Waals surface area (Å²) in [4.78, 5) is 0. The Hall–Kier alpha value is -3.86. The van der Waals surface area contributed by atoms with Crippen molar-refractivity contribution in [3.05, 3.63) is 71.8 Å². The van der Waals surface area contributed by atoms with Crippen LogP contribution < -0.4 is 0 Å². The van der Waals surface area contributed by atoms with Gasteiger partial charge in [-0.2, -0.15) is 10.5 Å². The van der Waals surface area contributed by atoms with E-state index in [1.165, 1.54) is 15.5 Å². The Morgan fingerprint density at radius 1 is 0.643 bits per heavy atom. The highest BCUT2D eigenvalue weighted by atomic mass is 32.1. The first-order valence-corrected chi connectivity index (χ1v) is 9.63. The van der Waals surface area contributed by atoms with Gasteiger partial charge < -0.3 is 4.42 Å². The molecule has 3 nitrogen and oxygen atoms in total. The van der Waals surface area contributed by atoms with Crippen LogP contribution in [-0.4, -0.2) is 0 Å².